The summed E-state index contributed by atoms with van der Waals surface area (Å²) in [7, 11) is -3.60. The molecule has 0 radical (unpaired) electrons. The minimum Gasteiger partial charge on any atom is -0.390 e. The molecule has 5 amide bonds. The molecule has 4 atom stereocenters. The Morgan fingerprint density at radius 3 is 2.18 bits per heavy atom. The number of hydrogen-bond acceptors (Lipinski definition) is 8. The van der Waals surface area contributed by atoms with Crippen molar-refractivity contribution in [3.05, 3.63) is 12.7 Å². The highest BCUT2D eigenvalue weighted by atomic mass is 32.2. The first kappa shape index (κ1) is 46.9. The number of Topliss-reactive ketones (excluding diaryl/α,β-unsaturated/α-hetero) is 1. The standard InChI is InChI=1S/C42H69N5O8S/c1-8-10-11-12-17-22-32(35(48)37(50)43-26-9-2)44-36(49)34-31(28-41(6,7)53)23-27-47(34)38(51)33(30-20-15-13-16-21-30)45-39(52)46-42(24-18-14-19-25-42)29-56(54,55)40(3,4)5/h1,9,30-34,53H,2,10-29H2,3-7H3,(H,43,50)(H,44,49)(H2,45,46,52)/t31-,32?,33+,34+/m1/s1. The molecular formula is C42H69N5O8S. The minimum atomic E-state index is -3.60. The zero-order valence-electron chi connectivity index (χ0n) is 34.6. The van der Waals surface area contributed by atoms with Crippen molar-refractivity contribution in [1.29, 1.82) is 0 Å². The van der Waals surface area contributed by atoms with Gasteiger partial charge in [0.25, 0.3) is 5.91 Å². The van der Waals surface area contributed by atoms with Gasteiger partial charge in [0.15, 0.2) is 9.84 Å². The van der Waals surface area contributed by atoms with Crippen molar-refractivity contribution in [2.24, 2.45) is 11.8 Å². The molecule has 2 saturated carbocycles. The van der Waals surface area contributed by atoms with Gasteiger partial charge in [-0.05, 0) is 97.8 Å². The Labute approximate surface area is 335 Å². The second kappa shape index (κ2) is 20.8. The molecule has 0 aromatic carbocycles. The van der Waals surface area contributed by atoms with Gasteiger partial charge in [0.2, 0.25) is 17.6 Å². The van der Waals surface area contributed by atoms with Crippen LogP contribution in [0.1, 0.15) is 144 Å². The summed E-state index contributed by atoms with van der Waals surface area (Å²) >= 11 is 0. The lowest BCUT2D eigenvalue weighted by atomic mass is 9.82. The van der Waals surface area contributed by atoms with Gasteiger partial charge >= 0.3 is 6.03 Å². The summed E-state index contributed by atoms with van der Waals surface area (Å²) < 4.78 is 25.9. The summed E-state index contributed by atoms with van der Waals surface area (Å²) in [6.45, 7) is 12.1. The SMILES string of the molecule is C#CCCCCCC(NC(=O)[C@@H]1[C@@H](CC(C)(C)O)CCN1C(=O)[C@@H](NC(=O)NC1(CS(=O)(=O)C(C)(C)C)CCCCC1)C1CCCCC1)C(=O)C(=O)NCC=C. The number of sulfone groups is 1. The Morgan fingerprint density at radius 2 is 1.59 bits per heavy atom. The molecule has 1 heterocycles. The average Bonchev–Trinajstić information content (AvgIpc) is 3.53. The van der Waals surface area contributed by atoms with Crippen LogP contribution in [0, 0.1) is 24.2 Å². The van der Waals surface area contributed by atoms with Gasteiger partial charge in [-0.15, -0.1) is 18.9 Å². The first-order valence-corrected chi connectivity index (χ1v) is 22.4. The van der Waals surface area contributed by atoms with E-state index in [9.17, 15) is 37.5 Å². The van der Waals surface area contributed by atoms with E-state index in [1.165, 1.54) is 11.0 Å². The number of rotatable bonds is 19. The molecule has 3 fully saturated rings. The number of unbranched alkanes of at least 4 members (excludes halogenated alkanes) is 3. The van der Waals surface area contributed by atoms with E-state index < -0.39 is 79.3 Å². The third-order valence-electron chi connectivity index (χ3n) is 11.7. The largest absolute Gasteiger partial charge is 0.390 e. The van der Waals surface area contributed by atoms with E-state index in [-0.39, 0.29) is 37.6 Å². The molecule has 1 unspecified atom stereocenters. The number of amides is 5. The third-order valence-corrected chi connectivity index (χ3v) is 14.5. The minimum absolute atomic E-state index is 0.0720. The van der Waals surface area contributed by atoms with E-state index in [1.807, 2.05) is 0 Å². The zero-order chi connectivity index (χ0) is 41.7. The Balaban J connectivity index is 1.94. The van der Waals surface area contributed by atoms with Gasteiger partial charge in [0, 0.05) is 19.5 Å². The molecule has 1 aliphatic heterocycles. The smallest absolute Gasteiger partial charge is 0.315 e. The number of terminal acetylenes is 1. The summed E-state index contributed by atoms with van der Waals surface area (Å²) in [5.74, 6) is -1.03. The monoisotopic (exact) mass is 803 g/mol. The van der Waals surface area contributed by atoms with Crippen LogP contribution in [-0.2, 0) is 29.0 Å². The number of aliphatic hydroxyl groups is 1. The molecule has 0 spiro atoms. The van der Waals surface area contributed by atoms with Crippen molar-refractivity contribution in [1.82, 2.24) is 26.2 Å². The van der Waals surface area contributed by atoms with Crippen molar-refractivity contribution < 1.29 is 37.5 Å². The maximum atomic E-state index is 14.8. The molecule has 2 aliphatic carbocycles. The van der Waals surface area contributed by atoms with Crippen molar-refractivity contribution >= 4 is 39.4 Å². The van der Waals surface area contributed by atoms with Gasteiger partial charge in [-0.25, -0.2) is 13.2 Å². The highest BCUT2D eigenvalue weighted by Crippen LogP contribution is 2.36. The highest BCUT2D eigenvalue weighted by molar-refractivity contribution is 7.92. The predicted octanol–water partition coefficient (Wildman–Crippen LogP) is 4.47. The lowest BCUT2D eigenvalue weighted by Crippen LogP contribution is -2.63. The number of likely N-dealkylation sites (tertiary alicyclic amines) is 1. The second-order valence-corrected chi connectivity index (χ2v) is 20.7. The summed E-state index contributed by atoms with van der Waals surface area (Å²) in [6, 6.07) is -3.86. The van der Waals surface area contributed by atoms with Crippen molar-refractivity contribution in [2.75, 3.05) is 18.8 Å². The molecule has 5 N–H and O–H groups in total. The van der Waals surface area contributed by atoms with Crippen molar-refractivity contribution in [3.63, 3.8) is 0 Å². The van der Waals surface area contributed by atoms with Crippen LogP contribution in [0.25, 0.3) is 0 Å². The summed E-state index contributed by atoms with van der Waals surface area (Å²) in [5, 5.41) is 22.2. The van der Waals surface area contributed by atoms with Gasteiger partial charge in [0.05, 0.1) is 27.7 Å². The fraction of sp³-hybridized carbons (Fsp3) is 0.786. The molecule has 0 aromatic rings. The Bertz CT molecular complexity index is 1530. The van der Waals surface area contributed by atoms with E-state index in [1.54, 1.807) is 34.6 Å². The lowest BCUT2D eigenvalue weighted by molar-refractivity contribution is -0.144. The molecular weight excluding hydrogens is 735 g/mol. The number of ketones is 1. The van der Waals surface area contributed by atoms with Gasteiger partial charge in [-0.2, -0.15) is 0 Å². The van der Waals surface area contributed by atoms with Crippen LogP contribution in [0.5, 0.6) is 0 Å². The fourth-order valence-corrected chi connectivity index (χ4v) is 10.1. The molecule has 56 heavy (non-hydrogen) atoms. The number of nitrogens with one attached hydrogen (secondary N) is 4. The van der Waals surface area contributed by atoms with E-state index >= 15 is 0 Å². The van der Waals surface area contributed by atoms with Gasteiger partial charge in [-0.1, -0.05) is 57.4 Å². The van der Waals surface area contributed by atoms with Crippen molar-refractivity contribution in [2.45, 2.75) is 178 Å². The number of carbonyl (C=O) groups excluding carboxylic acids is 5. The summed E-state index contributed by atoms with van der Waals surface area (Å²) in [5.41, 5.74) is -2.16. The van der Waals surface area contributed by atoms with Gasteiger partial charge in [-0.3, -0.25) is 19.2 Å². The van der Waals surface area contributed by atoms with E-state index in [4.69, 9.17) is 6.42 Å². The average molecular weight is 804 g/mol. The van der Waals surface area contributed by atoms with Crippen LogP contribution in [0.4, 0.5) is 4.79 Å². The molecule has 3 rings (SSSR count). The predicted molar refractivity (Wildman–Crippen MR) is 218 cm³/mol. The third kappa shape index (κ3) is 13.6. The molecule has 316 valence electrons. The number of nitrogens with zero attached hydrogens (tertiary/aromatic N) is 1. The summed E-state index contributed by atoms with van der Waals surface area (Å²) in [4.78, 5) is 71.0. The van der Waals surface area contributed by atoms with Crippen LogP contribution in [0.15, 0.2) is 12.7 Å². The Hall–Kier alpha value is -3.44. The number of urea groups is 1. The zero-order valence-corrected chi connectivity index (χ0v) is 35.4. The Kier molecular flexibility index (Phi) is 17.5. The van der Waals surface area contributed by atoms with Crippen molar-refractivity contribution in [3.8, 4) is 12.3 Å². The molecule has 1 saturated heterocycles. The maximum Gasteiger partial charge on any atom is 0.315 e. The van der Waals surface area contributed by atoms with Gasteiger partial charge < -0.3 is 31.3 Å². The molecule has 0 aromatic heterocycles. The fourth-order valence-electron chi connectivity index (χ4n) is 8.56. The van der Waals surface area contributed by atoms with Crippen LogP contribution in [0.2, 0.25) is 0 Å². The maximum absolute atomic E-state index is 14.8. The highest BCUT2D eigenvalue weighted by Gasteiger charge is 2.48. The molecule has 13 nitrogen and oxygen atoms in total. The summed E-state index contributed by atoms with van der Waals surface area (Å²) in [6.07, 6.45) is 17.7. The van der Waals surface area contributed by atoms with E-state index in [0.29, 0.717) is 51.4 Å². The van der Waals surface area contributed by atoms with Crippen LogP contribution in [0.3, 0.4) is 0 Å². The van der Waals surface area contributed by atoms with Crippen LogP contribution < -0.4 is 21.3 Å². The Morgan fingerprint density at radius 1 is 0.946 bits per heavy atom. The second-order valence-electron chi connectivity index (χ2n) is 18.0. The molecule has 14 heteroatoms. The van der Waals surface area contributed by atoms with E-state index in [2.05, 4.69) is 33.8 Å². The lowest BCUT2D eigenvalue weighted by Gasteiger charge is -2.41. The molecule has 3 aliphatic rings. The van der Waals surface area contributed by atoms with Gasteiger partial charge in [0.1, 0.15) is 12.1 Å². The quantitative estimate of drug-likeness (QED) is 0.0547. The van der Waals surface area contributed by atoms with E-state index in [0.717, 1.165) is 44.9 Å². The van der Waals surface area contributed by atoms with Crippen LogP contribution in [-0.4, -0.2) is 101 Å². The molecule has 0 bridgehead atoms. The topological polar surface area (TPSA) is 191 Å². The first-order chi connectivity index (χ1) is 26.2. The number of hydrogen-bond donors (Lipinski definition) is 5. The van der Waals surface area contributed by atoms with Crippen LogP contribution >= 0.6 is 0 Å². The normalized spacial score (nSPS) is 21.6. The number of carbonyl (C=O) groups is 5. The first-order valence-electron chi connectivity index (χ1n) is 20.7.